The van der Waals surface area contributed by atoms with Crippen molar-refractivity contribution in [3.8, 4) is 5.75 Å². The average molecular weight is 291 g/mol. The van der Waals surface area contributed by atoms with Gasteiger partial charge in [-0.25, -0.2) is 0 Å². The number of aliphatic carboxylic acids is 1. The van der Waals surface area contributed by atoms with Gasteiger partial charge in [-0.05, 0) is 24.1 Å². The van der Waals surface area contributed by atoms with Crippen molar-refractivity contribution in [2.45, 2.75) is 19.4 Å². The van der Waals surface area contributed by atoms with E-state index in [1.807, 2.05) is 0 Å². The monoisotopic (exact) mass is 291 g/mol. The molecule has 0 spiro atoms. The minimum Gasteiger partial charge on any atom is -0.497 e. The number of hydrogen-bond acceptors (Lipinski definition) is 5. The lowest BCUT2D eigenvalue weighted by Crippen LogP contribution is -2.37. The first-order chi connectivity index (χ1) is 9.92. The molecule has 6 nitrogen and oxygen atoms in total. The SMILES string of the molecule is COc1ccc2cc(C(=O)CC(C)[C@@H](N)C(=O)O)oc2c1. The van der Waals surface area contributed by atoms with Crippen molar-refractivity contribution >= 4 is 22.7 Å². The number of fused-ring (bicyclic) bond motifs is 1. The normalized spacial score (nSPS) is 13.9. The number of hydrogen-bond donors (Lipinski definition) is 2. The third-order valence-electron chi connectivity index (χ3n) is 3.41. The summed E-state index contributed by atoms with van der Waals surface area (Å²) >= 11 is 0. The highest BCUT2D eigenvalue weighted by Gasteiger charge is 2.24. The van der Waals surface area contributed by atoms with E-state index >= 15 is 0 Å². The van der Waals surface area contributed by atoms with E-state index in [4.69, 9.17) is 20.0 Å². The number of rotatable bonds is 6. The second-order valence-corrected chi connectivity index (χ2v) is 4.98. The summed E-state index contributed by atoms with van der Waals surface area (Å²) in [4.78, 5) is 22.9. The Bertz CT molecular complexity index is 676. The summed E-state index contributed by atoms with van der Waals surface area (Å²) in [5.41, 5.74) is 6.05. The van der Waals surface area contributed by atoms with Crippen molar-refractivity contribution < 1.29 is 23.8 Å². The highest BCUT2D eigenvalue weighted by atomic mass is 16.5. The Hall–Kier alpha value is -2.34. The number of carbonyl (C=O) groups excluding carboxylic acids is 1. The molecule has 2 aromatic rings. The minimum absolute atomic E-state index is 0.0183. The van der Waals surface area contributed by atoms with Gasteiger partial charge in [0.05, 0.1) is 7.11 Å². The van der Waals surface area contributed by atoms with Crippen molar-refractivity contribution in [3.63, 3.8) is 0 Å². The average Bonchev–Trinajstić information content (AvgIpc) is 2.88. The molecule has 6 heteroatoms. The summed E-state index contributed by atoms with van der Waals surface area (Å²) < 4.78 is 10.6. The second-order valence-electron chi connectivity index (χ2n) is 4.98. The topological polar surface area (TPSA) is 103 Å². The quantitative estimate of drug-likeness (QED) is 0.790. The lowest BCUT2D eigenvalue weighted by molar-refractivity contribution is -0.139. The second kappa shape index (κ2) is 5.97. The Morgan fingerprint density at radius 2 is 2.10 bits per heavy atom. The highest BCUT2D eigenvalue weighted by molar-refractivity contribution is 5.98. The summed E-state index contributed by atoms with van der Waals surface area (Å²) in [6.45, 7) is 1.63. The molecule has 0 saturated carbocycles. The zero-order valence-electron chi connectivity index (χ0n) is 11.8. The smallest absolute Gasteiger partial charge is 0.320 e. The molecule has 0 aliphatic heterocycles. The van der Waals surface area contributed by atoms with E-state index in [9.17, 15) is 9.59 Å². The van der Waals surface area contributed by atoms with Crippen molar-refractivity contribution in [1.82, 2.24) is 0 Å². The van der Waals surface area contributed by atoms with E-state index < -0.39 is 17.9 Å². The zero-order chi connectivity index (χ0) is 15.6. The Balaban J connectivity index is 2.18. The predicted molar refractivity (Wildman–Crippen MR) is 76.5 cm³/mol. The first kappa shape index (κ1) is 15.1. The molecule has 0 amide bonds. The fourth-order valence-corrected chi connectivity index (χ4v) is 2.04. The van der Waals surface area contributed by atoms with Gasteiger partial charge in [0.2, 0.25) is 0 Å². The van der Waals surface area contributed by atoms with E-state index in [0.717, 1.165) is 5.39 Å². The van der Waals surface area contributed by atoms with Crippen molar-refractivity contribution in [3.05, 3.63) is 30.0 Å². The molecule has 2 atom stereocenters. The lowest BCUT2D eigenvalue weighted by atomic mass is 9.96. The van der Waals surface area contributed by atoms with Crippen LogP contribution in [0.25, 0.3) is 11.0 Å². The van der Waals surface area contributed by atoms with Crippen LogP contribution < -0.4 is 10.5 Å². The first-order valence-corrected chi connectivity index (χ1v) is 6.51. The molecule has 0 bridgehead atoms. The number of ketones is 1. The molecular weight excluding hydrogens is 274 g/mol. The van der Waals surface area contributed by atoms with Gasteiger partial charge in [-0.1, -0.05) is 6.92 Å². The number of carbonyl (C=O) groups is 2. The summed E-state index contributed by atoms with van der Waals surface area (Å²) in [6.07, 6.45) is 0.0183. The molecule has 1 unspecified atom stereocenters. The first-order valence-electron chi connectivity index (χ1n) is 6.51. The molecule has 2 rings (SSSR count). The molecule has 0 aliphatic carbocycles. The van der Waals surface area contributed by atoms with Gasteiger partial charge >= 0.3 is 5.97 Å². The molecule has 0 saturated heterocycles. The molecule has 0 aliphatic rings. The summed E-state index contributed by atoms with van der Waals surface area (Å²) in [6, 6.07) is 5.82. The number of ether oxygens (including phenoxy) is 1. The zero-order valence-corrected chi connectivity index (χ0v) is 11.8. The van der Waals surface area contributed by atoms with Gasteiger partial charge in [-0.15, -0.1) is 0 Å². The van der Waals surface area contributed by atoms with Crippen LogP contribution in [0.3, 0.4) is 0 Å². The van der Waals surface area contributed by atoms with Gasteiger partial charge in [-0.3, -0.25) is 9.59 Å². The third kappa shape index (κ3) is 3.22. The van der Waals surface area contributed by atoms with Gasteiger partial charge in [-0.2, -0.15) is 0 Å². The Kier molecular flexibility index (Phi) is 4.28. The number of carboxylic acid groups (broad SMARTS) is 1. The summed E-state index contributed by atoms with van der Waals surface area (Å²) in [7, 11) is 1.55. The van der Waals surface area contributed by atoms with Crippen LogP contribution in [-0.2, 0) is 4.79 Å². The maximum atomic E-state index is 12.1. The van der Waals surface area contributed by atoms with E-state index in [1.54, 1.807) is 38.3 Å². The van der Waals surface area contributed by atoms with Gasteiger partial charge in [0.1, 0.15) is 17.4 Å². The predicted octanol–water partition coefficient (Wildman–Crippen LogP) is 2.06. The maximum Gasteiger partial charge on any atom is 0.320 e. The number of nitrogens with two attached hydrogens (primary N) is 1. The molecule has 0 radical (unpaired) electrons. The van der Waals surface area contributed by atoms with E-state index in [1.165, 1.54) is 0 Å². The molecule has 1 aromatic heterocycles. The van der Waals surface area contributed by atoms with Crippen LogP contribution in [0.1, 0.15) is 23.9 Å². The van der Waals surface area contributed by atoms with Crippen LogP contribution in [0, 0.1) is 5.92 Å². The van der Waals surface area contributed by atoms with E-state index in [2.05, 4.69) is 0 Å². The highest BCUT2D eigenvalue weighted by Crippen LogP contribution is 2.25. The van der Waals surface area contributed by atoms with Crippen LogP contribution in [0.15, 0.2) is 28.7 Å². The standard InChI is InChI=1S/C15H17NO5/c1-8(14(16)15(18)19)5-11(17)13-6-9-3-4-10(20-2)7-12(9)21-13/h3-4,6-8,14H,5,16H2,1-2H3,(H,18,19)/t8?,14-/m1/s1. The molecule has 1 heterocycles. The van der Waals surface area contributed by atoms with Gasteiger partial charge in [0, 0.05) is 17.9 Å². The molecular formula is C15H17NO5. The fourth-order valence-electron chi connectivity index (χ4n) is 2.04. The number of methoxy groups -OCH3 is 1. The molecule has 21 heavy (non-hydrogen) atoms. The Morgan fingerprint density at radius 1 is 1.38 bits per heavy atom. The van der Waals surface area contributed by atoms with E-state index in [-0.39, 0.29) is 18.0 Å². The van der Waals surface area contributed by atoms with Crippen LogP contribution >= 0.6 is 0 Å². The fraction of sp³-hybridized carbons (Fsp3) is 0.333. The summed E-state index contributed by atoms with van der Waals surface area (Å²) in [5, 5.41) is 9.62. The van der Waals surface area contributed by atoms with Crippen LogP contribution in [0.4, 0.5) is 0 Å². The Morgan fingerprint density at radius 3 is 2.71 bits per heavy atom. The number of Topliss-reactive ketones (excluding diaryl/α,β-unsaturated/α-hetero) is 1. The number of carboxylic acids is 1. The largest absolute Gasteiger partial charge is 0.497 e. The summed E-state index contributed by atoms with van der Waals surface area (Å²) in [5.74, 6) is -1.03. The van der Waals surface area contributed by atoms with Crippen molar-refractivity contribution in [1.29, 1.82) is 0 Å². The van der Waals surface area contributed by atoms with Crippen LogP contribution in [-0.4, -0.2) is 30.0 Å². The Labute approximate surface area is 121 Å². The van der Waals surface area contributed by atoms with Gasteiger partial charge in [0.25, 0.3) is 0 Å². The molecule has 3 N–H and O–H groups in total. The van der Waals surface area contributed by atoms with Gasteiger partial charge in [0.15, 0.2) is 11.5 Å². The van der Waals surface area contributed by atoms with Crippen LogP contribution in [0.5, 0.6) is 5.75 Å². The van der Waals surface area contributed by atoms with E-state index in [0.29, 0.717) is 11.3 Å². The minimum atomic E-state index is -1.12. The van der Waals surface area contributed by atoms with Crippen molar-refractivity contribution in [2.24, 2.45) is 11.7 Å². The molecule has 0 fully saturated rings. The van der Waals surface area contributed by atoms with Crippen molar-refractivity contribution in [2.75, 3.05) is 7.11 Å². The van der Waals surface area contributed by atoms with Gasteiger partial charge < -0.3 is 20.0 Å². The number of benzene rings is 1. The molecule has 1 aromatic carbocycles. The maximum absolute atomic E-state index is 12.1. The lowest BCUT2D eigenvalue weighted by Gasteiger charge is -2.13. The molecule has 112 valence electrons. The van der Waals surface area contributed by atoms with Crippen LogP contribution in [0.2, 0.25) is 0 Å². The third-order valence-corrected chi connectivity index (χ3v) is 3.41. The number of furan rings is 1.